The van der Waals surface area contributed by atoms with E-state index < -0.39 is 0 Å². The lowest BCUT2D eigenvalue weighted by Crippen LogP contribution is -2.28. The normalized spacial score (nSPS) is 16.5. The third-order valence-corrected chi connectivity index (χ3v) is 4.20. The van der Waals surface area contributed by atoms with Gasteiger partial charge < -0.3 is 10.2 Å². The van der Waals surface area contributed by atoms with Crippen LogP contribution in [0.4, 0.5) is 5.69 Å². The molecule has 0 atom stereocenters. The fraction of sp³-hybridized carbons (Fsp3) is 0.647. The van der Waals surface area contributed by atoms with Gasteiger partial charge in [-0.3, -0.25) is 0 Å². The first-order valence-electron chi connectivity index (χ1n) is 7.83. The molecule has 0 bridgehead atoms. The molecule has 1 aliphatic carbocycles. The van der Waals surface area contributed by atoms with Gasteiger partial charge in [0.2, 0.25) is 0 Å². The van der Waals surface area contributed by atoms with Gasteiger partial charge in [0.15, 0.2) is 0 Å². The second-order valence-corrected chi connectivity index (χ2v) is 5.82. The van der Waals surface area contributed by atoms with Crippen molar-refractivity contribution in [1.82, 2.24) is 5.32 Å². The first-order valence-corrected chi connectivity index (χ1v) is 7.83. The van der Waals surface area contributed by atoms with Crippen molar-refractivity contribution < 1.29 is 0 Å². The maximum Gasteiger partial charge on any atom is 0.0363 e. The Morgan fingerprint density at radius 1 is 1.11 bits per heavy atom. The van der Waals surface area contributed by atoms with Gasteiger partial charge in [0.25, 0.3) is 0 Å². The number of rotatable bonds is 7. The van der Waals surface area contributed by atoms with E-state index in [1.54, 1.807) is 0 Å². The zero-order valence-electron chi connectivity index (χ0n) is 12.3. The summed E-state index contributed by atoms with van der Waals surface area (Å²) in [6.45, 7) is 3.50. The van der Waals surface area contributed by atoms with Crippen LogP contribution in [0.1, 0.15) is 38.5 Å². The Kier molecular flexibility index (Phi) is 6.22. The van der Waals surface area contributed by atoms with Crippen molar-refractivity contribution in [2.24, 2.45) is 5.92 Å². The van der Waals surface area contributed by atoms with Crippen molar-refractivity contribution in [2.75, 3.05) is 31.6 Å². The summed E-state index contributed by atoms with van der Waals surface area (Å²) in [4.78, 5) is 2.34. The van der Waals surface area contributed by atoms with E-state index >= 15 is 0 Å². The number of benzene rings is 1. The quantitative estimate of drug-likeness (QED) is 0.752. The molecule has 1 N–H and O–H groups in total. The van der Waals surface area contributed by atoms with Gasteiger partial charge >= 0.3 is 0 Å². The smallest absolute Gasteiger partial charge is 0.0363 e. The van der Waals surface area contributed by atoms with Crippen molar-refractivity contribution in [3.05, 3.63) is 30.3 Å². The third kappa shape index (κ3) is 5.23. The van der Waals surface area contributed by atoms with Gasteiger partial charge in [0.05, 0.1) is 0 Å². The van der Waals surface area contributed by atoms with Crippen LogP contribution in [0.3, 0.4) is 0 Å². The Labute approximate surface area is 118 Å². The number of nitrogens with one attached hydrogen (secondary N) is 1. The van der Waals surface area contributed by atoms with E-state index in [1.165, 1.54) is 50.8 Å². The maximum atomic E-state index is 3.64. The molecule has 2 rings (SSSR count). The fourth-order valence-electron chi connectivity index (χ4n) is 2.95. The molecule has 0 heterocycles. The predicted octanol–water partition coefficient (Wildman–Crippen LogP) is 3.68. The summed E-state index contributed by atoms with van der Waals surface area (Å²) in [6, 6.07) is 10.6. The molecule has 1 aromatic carbocycles. The molecule has 0 unspecified atom stereocenters. The SMILES string of the molecule is CN(CCCNCC1CCCCC1)c1ccccc1. The molecule has 2 heteroatoms. The van der Waals surface area contributed by atoms with Crippen molar-refractivity contribution >= 4 is 5.69 Å². The van der Waals surface area contributed by atoms with Gasteiger partial charge in [-0.15, -0.1) is 0 Å². The molecule has 0 radical (unpaired) electrons. The molecule has 0 saturated heterocycles. The van der Waals surface area contributed by atoms with Gasteiger partial charge in [-0.25, -0.2) is 0 Å². The van der Waals surface area contributed by atoms with Crippen LogP contribution < -0.4 is 10.2 Å². The Hall–Kier alpha value is -1.02. The third-order valence-electron chi connectivity index (χ3n) is 4.20. The Morgan fingerprint density at radius 2 is 1.84 bits per heavy atom. The summed E-state index contributed by atoms with van der Waals surface area (Å²) >= 11 is 0. The van der Waals surface area contributed by atoms with E-state index in [0.717, 1.165) is 19.0 Å². The number of hydrogen-bond donors (Lipinski definition) is 1. The highest BCUT2D eigenvalue weighted by molar-refractivity contribution is 5.44. The summed E-state index contributed by atoms with van der Waals surface area (Å²) in [5.74, 6) is 0.945. The molecule has 0 amide bonds. The summed E-state index contributed by atoms with van der Waals surface area (Å²) < 4.78 is 0. The second-order valence-electron chi connectivity index (χ2n) is 5.82. The molecule has 1 aromatic rings. The molecule has 2 nitrogen and oxygen atoms in total. The Balaban J connectivity index is 1.54. The highest BCUT2D eigenvalue weighted by Crippen LogP contribution is 2.22. The average Bonchev–Trinajstić information content (AvgIpc) is 2.49. The minimum absolute atomic E-state index is 0.945. The number of hydrogen-bond acceptors (Lipinski definition) is 2. The van der Waals surface area contributed by atoms with Crippen LogP contribution in [-0.2, 0) is 0 Å². The molecule has 0 aliphatic heterocycles. The highest BCUT2D eigenvalue weighted by Gasteiger charge is 2.12. The van der Waals surface area contributed by atoms with Crippen LogP contribution in [0.2, 0.25) is 0 Å². The van der Waals surface area contributed by atoms with E-state index in [0.29, 0.717) is 0 Å². The Morgan fingerprint density at radius 3 is 2.58 bits per heavy atom. The van der Waals surface area contributed by atoms with Gasteiger partial charge in [0, 0.05) is 19.3 Å². The van der Waals surface area contributed by atoms with Crippen LogP contribution in [-0.4, -0.2) is 26.7 Å². The maximum absolute atomic E-state index is 3.64. The van der Waals surface area contributed by atoms with Crippen molar-refractivity contribution in [3.63, 3.8) is 0 Å². The molecule has 1 fully saturated rings. The fourth-order valence-corrected chi connectivity index (χ4v) is 2.95. The first-order chi connectivity index (χ1) is 9.36. The van der Waals surface area contributed by atoms with Gasteiger partial charge in [-0.05, 0) is 50.4 Å². The van der Waals surface area contributed by atoms with Crippen molar-refractivity contribution in [2.45, 2.75) is 38.5 Å². The largest absolute Gasteiger partial charge is 0.375 e. The van der Waals surface area contributed by atoms with E-state index in [1.807, 2.05) is 0 Å². The van der Waals surface area contributed by atoms with Gasteiger partial charge in [-0.1, -0.05) is 37.5 Å². The molecule has 106 valence electrons. The van der Waals surface area contributed by atoms with E-state index in [4.69, 9.17) is 0 Å². The Bertz CT molecular complexity index is 330. The predicted molar refractivity (Wildman–Crippen MR) is 83.8 cm³/mol. The molecule has 0 spiro atoms. The van der Waals surface area contributed by atoms with Gasteiger partial charge in [0.1, 0.15) is 0 Å². The zero-order chi connectivity index (χ0) is 13.3. The second kappa shape index (κ2) is 8.21. The highest BCUT2D eigenvalue weighted by atomic mass is 15.1. The monoisotopic (exact) mass is 260 g/mol. The number of para-hydroxylation sites is 1. The molecule has 1 aliphatic rings. The minimum atomic E-state index is 0.945. The van der Waals surface area contributed by atoms with Gasteiger partial charge in [-0.2, -0.15) is 0 Å². The topological polar surface area (TPSA) is 15.3 Å². The van der Waals surface area contributed by atoms with E-state index in [-0.39, 0.29) is 0 Å². The van der Waals surface area contributed by atoms with E-state index in [9.17, 15) is 0 Å². The van der Waals surface area contributed by atoms with Crippen LogP contribution in [0, 0.1) is 5.92 Å². The number of anilines is 1. The van der Waals surface area contributed by atoms with Crippen molar-refractivity contribution in [1.29, 1.82) is 0 Å². The van der Waals surface area contributed by atoms with Crippen molar-refractivity contribution in [3.8, 4) is 0 Å². The summed E-state index contributed by atoms with van der Waals surface area (Å²) in [7, 11) is 2.18. The lowest BCUT2D eigenvalue weighted by Gasteiger charge is -2.22. The first kappa shape index (κ1) is 14.4. The standard InChI is InChI=1S/C17H28N2/c1-19(17-11-6-3-7-12-17)14-8-13-18-15-16-9-4-2-5-10-16/h3,6-7,11-12,16,18H,2,4-5,8-10,13-15H2,1H3. The molecular formula is C17H28N2. The van der Waals surface area contributed by atoms with Crippen LogP contribution in [0.15, 0.2) is 30.3 Å². The lowest BCUT2D eigenvalue weighted by atomic mass is 9.89. The van der Waals surface area contributed by atoms with E-state index in [2.05, 4.69) is 47.6 Å². The van der Waals surface area contributed by atoms with Crippen LogP contribution in [0.25, 0.3) is 0 Å². The number of nitrogens with zero attached hydrogens (tertiary/aromatic N) is 1. The van der Waals surface area contributed by atoms with Crippen LogP contribution in [0.5, 0.6) is 0 Å². The summed E-state index contributed by atoms with van der Waals surface area (Å²) in [5, 5.41) is 3.64. The minimum Gasteiger partial charge on any atom is -0.375 e. The summed E-state index contributed by atoms with van der Waals surface area (Å²) in [5.41, 5.74) is 1.31. The lowest BCUT2D eigenvalue weighted by molar-refractivity contribution is 0.342. The summed E-state index contributed by atoms with van der Waals surface area (Å²) in [6.07, 6.45) is 8.45. The molecule has 19 heavy (non-hydrogen) atoms. The van der Waals surface area contributed by atoms with Crippen LogP contribution >= 0.6 is 0 Å². The molecular weight excluding hydrogens is 232 g/mol. The average molecular weight is 260 g/mol. The molecule has 0 aromatic heterocycles. The zero-order valence-corrected chi connectivity index (χ0v) is 12.3. The molecule has 1 saturated carbocycles.